The molecule has 0 amide bonds. The number of benzene rings is 1. The zero-order valence-corrected chi connectivity index (χ0v) is 9.60. The molecular weight excluding hydrogens is 232 g/mol. The molecule has 3 N–H and O–H groups in total. The standard InChI is InChI=1S/C14H14O4/c15-12(10-4-2-1-3-5-10)13(16)11-6-8-14(17,18)9-7-11/h1-9,11-12,15,17-18H. The quantitative estimate of drug-likeness (QED) is 0.542. The molecular formula is C14H14O4. The lowest BCUT2D eigenvalue weighted by molar-refractivity contribution is -0.129. The van der Waals surface area contributed by atoms with Crippen molar-refractivity contribution in [2.45, 2.75) is 11.9 Å². The molecule has 0 heterocycles. The Hall–Kier alpha value is -1.75. The van der Waals surface area contributed by atoms with Crippen molar-refractivity contribution in [3.63, 3.8) is 0 Å². The molecule has 1 unspecified atom stereocenters. The van der Waals surface area contributed by atoms with Crippen LogP contribution in [0.15, 0.2) is 54.6 Å². The minimum Gasteiger partial charge on any atom is -0.381 e. The van der Waals surface area contributed by atoms with Crippen LogP contribution in [0, 0.1) is 5.92 Å². The molecule has 1 aromatic rings. The summed E-state index contributed by atoms with van der Waals surface area (Å²) in [6, 6.07) is 8.62. The van der Waals surface area contributed by atoms with E-state index in [-0.39, 0.29) is 0 Å². The van der Waals surface area contributed by atoms with Gasteiger partial charge >= 0.3 is 0 Å². The highest BCUT2D eigenvalue weighted by Gasteiger charge is 2.27. The first-order valence-electron chi connectivity index (χ1n) is 5.60. The Morgan fingerprint density at radius 2 is 1.67 bits per heavy atom. The monoisotopic (exact) mass is 246 g/mol. The molecule has 94 valence electrons. The SMILES string of the molecule is O=C(C1C=CC(O)(O)C=C1)C(O)c1ccccc1. The number of allylic oxidation sites excluding steroid dienone is 2. The average Bonchev–Trinajstić information content (AvgIpc) is 2.38. The molecule has 0 saturated heterocycles. The van der Waals surface area contributed by atoms with E-state index in [1.165, 1.54) is 12.2 Å². The van der Waals surface area contributed by atoms with E-state index in [9.17, 15) is 20.1 Å². The van der Waals surface area contributed by atoms with Gasteiger partial charge in [0, 0.05) is 0 Å². The Labute approximate surface area is 105 Å². The molecule has 4 nitrogen and oxygen atoms in total. The maximum absolute atomic E-state index is 12.0. The second kappa shape index (κ2) is 4.86. The summed E-state index contributed by atoms with van der Waals surface area (Å²) in [7, 11) is 0. The maximum Gasteiger partial charge on any atom is 0.202 e. The van der Waals surface area contributed by atoms with E-state index in [4.69, 9.17) is 0 Å². The number of rotatable bonds is 3. The van der Waals surface area contributed by atoms with Crippen molar-refractivity contribution >= 4 is 5.78 Å². The second-order valence-corrected chi connectivity index (χ2v) is 4.24. The van der Waals surface area contributed by atoms with Gasteiger partial charge in [0.1, 0.15) is 6.10 Å². The molecule has 0 fully saturated rings. The predicted molar refractivity (Wildman–Crippen MR) is 65.3 cm³/mol. The summed E-state index contributed by atoms with van der Waals surface area (Å²) in [5, 5.41) is 28.4. The molecule has 1 aliphatic carbocycles. The average molecular weight is 246 g/mol. The molecule has 4 heteroatoms. The number of aliphatic hydroxyl groups is 3. The van der Waals surface area contributed by atoms with E-state index in [0.29, 0.717) is 5.56 Å². The van der Waals surface area contributed by atoms with E-state index in [1.54, 1.807) is 30.3 Å². The summed E-state index contributed by atoms with van der Waals surface area (Å²) >= 11 is 0. The van der Waals surface area contributed by atoms with Crippen LogP contribution in [0.1, 0.15) is 11.7 Å². The Kier molecular flexibility index (Phi) is 3.43. The van der Waals surface area contributed by atoms with Crippen molar-refractivity contribution in [2.24, 2.45) is 5.92 Å². The lowest BCUT2D eigenvalue weighted by Gasteiger charge is -2.21. The minimum absolute atomic E-state index is 0.399. The highest BCUT2D eigenvalue weighted by molar-refractivity contribution is 5.89. The van der Waals surface area contributed by atoms with Gasteiger partial charge in [-0.2, -0.15) is 0 Å². The summed E-state index contributed by atoms with van der Waals surface area (Å²) in [4.78, 5) is 12.0. The van der Waals surface area contributed by atoms with Crippen molar-refractivity contribution < 1.29 is 20.1 Å². The van der Waals surface area contributed by atoms with E-state index >= 15 is 0 Å². The highest BCUT2D eigenvalue weighted by Crippen LogP contribution is 2.23. The van der Waals surface area contributed by atoms with Crippen LogP contribution in [-0.2, 0) is 4.79 Å². The van der Waals surface area contributed by atoms with Gasteiger partial charge in [-0.05, 0) is 17.7 Å². The maximum atomic E-state index is 12.0. The normalized spacial score (nSPS) is 19.7. The lowest BCUT2D eigenvalue weighted by Crippen LogP contribution is -2.28. The Morgan fingerprint density at radius 3 is 2.22 bits per heavy atom. The van der Waals surface area contributed by atoms with E-state index in [2.05, 4.69) is 0 Å². The summed E-state index contributed by atoms with van der Waals surface area (Å²) in [6.45, 7) is 0. The fourth-order valence-electron chi connectivity index (χ4n) is 1.78. The molecule has 0 saturated carbocycles. The van der Waals surface area contributed by atoms with Crippen LogP contribution in [0.25, 0.3) is 0 Å². The number of Topliss-reactive ketones (excluding diaryl/α,β-unsaturated/α-hetero) is 1. The van der Waals surface area contributed by atoms with Crippen molar-refractivity contribution in [3.8, 4) is 0 Å². The molecule has 1 aliphatic rings. The van der Waals surface area contributed by atoms with E-state index in [0.717, 1.165) is 12.2 Å². The van der Waals surface area contributed by atoms with Crippen LogP contribution in [0.4, 0.5) is 0 Å². The molecule has 2 rings (SSSR count). The number of carbonyl (C=O) groups is 1. The second-order valence-electron chi connectivity index (χ2n) is 4.24. The van der Waals surface area contributed by atoms with Gasteiger partial charge in [-0.1, -0.05) is 42.5 Å². The Morgan fingerprint density at radius 1 is 1.11 bits per heavy atom. The first-order chi connectivity index (χ1) is 8.49. The third-order valence-electron chi connectivity index (χ3n) is 2.81. The van der Waals surface area contributed by atoms with Crippen LogP contribution in [0.5, 0.6) is 0 Å². The Balaban J connectivity index is 2.12. The highest BCUT2D eigenvalue weighted by atomic mass is 16.5. The van der Waals surface area contributed by atoms with Crippen molar-refractivity contribution in [2.75, 3.05) is 0 Å². The van der Waals surface area contributed by atoms with Crippen LogP contribution in [-0.4, -0.2) is 26.9 Å². The van der Waals surface area contributed by atoms with Gasteiger partial charge in [-0.3, -0.25) is 4.79 Å². The van der Waals surface area contributed by atoms with Gasteiger partial charge < -0.3 is 15.3 Å². The van der Waals surface area contributed by atoms with E-state index in [1.807, 2.05) is 0 Å². The molecule has 0 aromatic heterocycles. The number of carbonyl (C=O) groups excluding carboxylic acids is 1. The van der Waals surface area contributed by atoms with Crippen molar-refractivity contribution in [1.82, 2.24) is 0 Å². The number of aliphatic hydroxyl groups excluding tert-OH is 1. The topological polar surface area (TPSA) is 77.8 Å². The molecule has 1 atom stereocenters. The van der Waals surface area contributed by atoms with Crippen LogP contribution in [0.2, 0.25) is 0 Å². The Bertz CT molecular complexity index is 472. The summed E-state index contributed by atoms with van der Waals surface area (Å²) in [5.74, 6) is -3.05. The molecule has 0 spiro atoms. The summed E-state index contributed by atoms with van der Waals surface area (Å²) in [5.41, 5.74) is 0.522. The molecule has 18 heavy (non-hydrogen) atoms. The molecule has 0 bridgehead atoms. The minimum atomic E-state index is -2.01. The van der Waals surface area contributed by atoms with Gasteiger partial charge in [-0.15, -0.1) is 0 Å². The number of ketones is 1. The van der Waals surface area contributed by atoms with Crippen LogP contribution >= 0.6 is 0 Å². The number of hydrogen-bond acceptors (Lipinski definition) is 4. The van der Waals surface area contributed by atoms with Gasteiger partial charge in [0.15, 0.2) is 5.78 Å². The van der Waals surface area contributed by atoms with Crippen LogP contribution < -0.4 is 0 Å². The molecule has 1 aromatic carbocycles. The van der Waals surface area contributed by atoms with Gasteiger partial charge in [0.2, 0.25) is 5.79 Å². The zero-order valence-electron chi connectivity index (χ0n) is 9.60. The summed E-state index contributed by atoms with van der Waals surface area (Å²) < 4.78 is 0. The molecule has 0 radical (unpaired) electrons. The first kappa shape index (κ1) is 12.7. The van der Waals surface area contributed by atoms with E-state index < -0.39 is 23.6 Å². The van der Waals surface area contributed by atoms with Crippen LogP contribution in [0.3, 0.4) is 0 Å². The fourth-order valence-corrected chi connectivity index (χ4v) is 1.78. The molecule has 0 aliphatic heterocycles. The third kappa shape index (κ3) is 2.73. The predicted octanol–water partition coefficient (Wildman–Crippen LogP) is 0.712. The largest absolute Gasteiger partial charge is 0.381 e. The smallest absolute Gasteiger partial charge is 0.202 e. The zero-order chi connectivity index (χ0) is 13.2. The van der Waals surface area contributed by atoms with Crippen molar-refractivity contribution in [1.29, 1.82) is 0 Å². The van der Waals surface area contributed by atoms with Gasteiger partial charge in [0.25, 0.3) is 0 Å². The third-order valence-corrected chi connectivity index (χ3v) is 2.81. The summed E-state index contributed by atoms with van der Waals surface area (Å²) in [6.07, 6.45) is 3.76. The van der Waals surface area contributed by atoms with Gasteiger partial charge in [-0.25, -0.2) is 0 Å². The fraction of sp³-hybridized carbons (Fsp3) is 0.214. The van der Waals surface area contributed by atoms with Gasteiger partial charge in [0.05, 0.1) is 5.92 Å². The van der Waals surface area contributed by atoms with Crippen molar-refractivity contribution in [3.05, 3.63) is 60.2 Å². The lowest BCUT2D eigenvalue weighted by atomic mass is 9.91. The number of hydrogen-bond donors (Lipinski definition) is 3. The first-order valence-corrected chi connectivity index (χ1v) is 5.60.